The molecule has 7 heteroatoms. The van der Waals surface area contributed by atoms with Crippen LogP contribution < -0.4 is 5.32 Å². The molecule has 2 unspecified atom stereocenters. The largest absolute Gasteiger partial charge is 0.480 e. The summed E-state index contributed by atoms with van der Waals surface area (Å²) in [5.74, 6) is -1.88. The van der Waals surface area contributed by atoms with Crippen LogP contribution in [0.3, 0.4) is 0 Å². The van der Waals surface area contributed by atoms with E-state index in [2.05, 4.69) is 5.32 Å². The zero-order valence-corrected chi connectivity index (χ0v) is 11.9. The van der Waals surface area contributed by atoms with Crippen molar-refractivity contribution in [2.24, 2.45) is 5.92 Å². The first-order chi connectivity index (χ1) is 9.86. The first kappa shape index (κ1) is 16.6. The summed E-state index contributed by atoms with van der Waals surface area (Å²) in [6.45, 7) is 3.55. The van der Waals surface area contributed by atoms with Gasteiger partial charge in [-0.15, -0.1) is 0 Å². The van der Waals surface area contributed by atoms with Crippen molar-refractivity contribution in [3.63, 3.8) is 0 Å². The SMILES string of the molecule is CCC(C)C(NC(=O)Cc1ccccc1[N+](=O)[O-])C(=O)O. The molecule has 0 aliphatic carbocycles. The molecule has 0 heterocycles. The number of nitrogens with one attached hydrogen (secondary N) is 1. The standard InChI is InChI=1S/C14H18N2O5/c1-3-9(2)13(14(18)19)15-12(17)8-10-6-4-5-7-11(10)16(20)21/h4-7,9,13H,3,8H2,1-2H3,(H,15,17)(H,18,19). The van der Waals surface area contributed by atoms with Crippen LogP contribution in [0.4, 0.5) is 5.69 Å². The monoisotopic (exact) mass is 294 g/mol. The molecule has 7 nitrogen and oxygen atoms in total. The van der Waals surface area contributed by atoms with E-state index in [1.54, 1.807) is 13.0 Å². The van der Waals surface area contributed by atoms with E-state index in [1.165, 1.54) is 18.2 Å². The van der Waals surface area contributed by atoms with Crippen LogP contribution in [-0.4, -0.2) is 27.9 Å². The number of hydrogen-bond donors (Lipinski definition) is 2. The van der Waals surface area contributed by atoms with Gasteiger partial charge in [0.25, 0.3) is 5.69 Å². The highest BCUT2D eigenvalue weighted by Crippen LogP contribution is 2.18. The Balaban J connectivity index is 2.82. The van der Waals surface area contributed by atoms with Crippen LogP contribution in [0.2, 0.25) is 0 Å². The molecular weight excluding hydrogens is 276 g/mol. The number of aliphatic carboxylic acids is 1. The van der Waals surface area contributed by atoms with Crippen LogP contribution in [-0.2, 0) is 16.0 Å². The fraction of sp³-hybridized carbons (Fsp3) is 0.429. The Kier molecular flexibility index (Phi) is 5.83. The van der Waals surface area contributed by atoms with E-state index in [1.807, 2.05) is 6.92 Å². The summed E-state index contributed by atoms with van der Waals surface area (Å²) in [7, 11) is 0. The normalized spacial score (nSPS) is 13.2. The molecule has 1 rings (SSSR count). The van der Waals surface area contributed by atoms with Gasteiger partial charge in [-0.2, -0.15) is 0 Å². The van der Waals surface area contributed by atoms with Gasteiger partial charge in [-0.3, -0.25) is 14.9 Å². The van der Waals surface area contributed by atoms with Crippen LogP contribution in [0.5, 0.6) is 0 Å². The predicted molar refractivity (Wildman–Crippen MR) is 75.8 cm³/mol. The van der Waals surface area contributed by atoms with Crippen molar-refractivity contribution in [3.8, 4) is 0 Å². The van der Waals surface area contributed by atoms with Crippen LogP contribution in [0.1, 0.15) is 25.8 Å². The number of carbonyl (C=O) groups excluding carboxylic acids is 1. The van der Waals surface area contributed by atoms with Crippen LogP contribution in [0.15, 0.2) is 24.3 Å². The van der Waals surface area contributed by atoms with E-state index >= 15 is 0 Å². The number of benzene rings is 1. The lowest BCUT2D eigenvalue weighted by Gasteiger charge is -2.20. The smallest absolute Gasteiger partial charge is 0.326 e. The Hall–Kier alpha value is -2.44. The molecule has 0 aliphatic rings. The predicted octanol–water partition coefficient (Wildman–Crippen LogP) is 1.75. The number of nitro groups is 1. The fourth-order valence-corrected chi connectivity index (χ4v) is 1.92. The number of carboxylic acids is 1. The van der Waals surface area contributed by atoms with Gasteiger partial charge in [0.2, 0.25) is 5.91 Å². The highest BCUT2D eigenvalue weighted by atomic mass is 16.6. The van der Waals surface area contributed by atoms with E-state index in [4.69, 9.17) is 5.11 Å². The molecule has 0 spiro atoms. The number of rotatable bonds is 7. The lowest BCUT2D eigenvalue weighted by Crippen LogP contribution is -2.45. The topological polar surface area (TPSA) is 110 Å². The highest BCUT2D eigenvalue weighted by molar-refractivity contribution is 5.85. The Morgan fingerprint density at radius 3 is 2.52 bits per heavy atom. The molecule has 114 valence electrons. The Labute approximate surface area is 122 Å². The number of amides is 1. The zero-order chi connectivity index (χ0) is 16.0. The van der Waals surface area contributed by atoms with E-state index in [0.717, 1.165) is 0 Å². The Bertz CT molecular complexity index is 544. The number of nitrogens with zero attached hydrogens (tertiary/aromatic N) is 1. The summed E-state index contributed by atoms with van der Waals surface area (Å²) >= 11 is 0. The van der Waals surface area contributed by atoms with Gasteiger partial charge in [-0.25, -0.2) is 4.79 Å². The number of hydrogen-bond acceptors (Lipinski definition) is 4. The van der Waals surface area contributed by atoms with Gasteiger partial charge in [0.15, 0.2) is 0 Å². The minimum atomic E-state index is -1.11. The second-order valence-corrected chi connectivity index (χ2v) is 4.83. The van der Waals surface area contributed by atoms with Gasteiger partial charge in [0.1, 0.15) is 6.04 Å². The molecule has 0 saturated carbocycles. The molecule has 21 heavy (non-hydrogen) atoms. The molecule has 2 N–H and O–H groups in total. The third kappa shape index (κ3) is 4.55. The molecule has 1 amide bonds. The van der Waals surface area contributed by atoms with Gasteiger partial charge in [-0.05, 0) is 5.92 Å². The number of para-hydroxylation sites is 1. The van der Waals surface area contributed by atoms with Gasteiger partial charge in [0.05, 0.1) is 11.3 Å². The average Bonchev–Trinajstić information content (AvgIpc) is 2.44. The molecule has 0 fully saturated rings. The molecule has 0 aliphatic heterocycles. The lowest BCUT2D eigenvalue weighted by atomic mass is 9.99. The van der Waals surface area contributed by atoms with Crippen molar-refractivity contribution in [2.75, 3.05) is 0 Å². The maximum Gasteiger partial charge on any atom is 0.326 e. The second kappa shape index (κ2) is 7.37. The van der Waals surface area contributed by atoms with Gasteiger partial charge < -0.3 is 10.4 Å². The molecule has 1 aromatic carbocycles. The first-order valence-electron chi connectivity index (χ1n) is 6.61. The highest BCUT2D eigenvalue weighted by Gasteiger charge is 2.26. The van der Waals surface area contributed by atoms with Crippen molar-refractivity contribution in [2.45, 2.75) is 32.7 Å². The summed E-state index contributed by atoms with van der Waals surface area (Å²) in [5, 5.41) is 22.4. The third-order valence-corrected chi connectivity index (χ3v) is 3.33. The van der Waals surface area contributed by atoms with Crippen molar-refractivity contribution in [1.29, 1.82) is 0 Å². The van der Waals surface area contributed by atoms with Crippen LogP contribution in [0.25, 0.3) is 0 Å². The van der Waals surface area contributed by atoms with E-state index < -0.39 is 22.8 Å². The summed E-state index contributed by atoms with van der Waals surface area (Å²) in [6.07, 6.45) is 0.375. The lowest BCUT2D eigenvalue weighted by molar-refractivity contribution is -0.385. The van der Waals surface area contributed by atoms with Crippen molar-refractivity contribution in [3.05, 3.63) is 39.9 Å². The Morgan fingerprint density at radius 2 is 2.00 bits per heavy atom. The van der Waals surface area contributed by atoms with Gasteiger partial charge in [-0.1, -0.05) is 38.5 Å². The van der Waals surface area contributed by atoms with E-state index in [9.17, 15) is 19.7 Å². The molecule has 0 aromatic heterocycles. The van der Waals surface area contributed by atoms with Crippen molar-refractivity contribution >= 4 is 17.6 Å². The number of nitro benzene ring substituents is 1. The van der Waals surface area contributed by atoms with Crippen LogP contribution in [0, 0.1) is 16.0 Å². The molecule has 2 atom stereocenters. The number of carbonyl (C=O) groups is 2. The zero-order valence-electron chi connectivity index (χ0n) is 11.9. The van der Waals surface area contributed by atoms with Crippen LogP contribution >= 0.6 is 0 Å². The minimum absolute atomic E-state index is 0.150. The molecule has 0 saturated heterocycles. The Morgan fingerprint density at radius 1 is 1.38 bits per heavy atom. The van der Waals surface area contributed by atoms with Gasteiger partial charge >= 0.3 is 5.97 Å². The molecular formula is C14H18N2O5. The van der Waals surface area contributed by atoms with E-state index in [0.29, 0.717) is 6.42 Å². The third-order valence-electron chi connectivity index (χ3n) is 3.33. The number of carboxylic acid groups (broad SMARTS) is 1. The second-order valence-electron chi connectivity index (χ2n) is 4.83. The van der Waals surface area contributed by atoms with Crippen molar-refractivity contribution < 1.29 is 19.6 Å². The fourth-order valence-electron chi connectivity index (χ4n) is 1.92. The molecule has 1 aromatic rings. The summed E-state index contributed by atoms with van der Waals surface area (Å²) < 4.78 is 0. The minimum Gasteiger partial charge on any atom is -0.480 e. The molecule has 0 radical (unpaired) electrons. The quantitative estimate of drug-likeness (QED) is 0.588. The summed E-state index contributed by atoms with van der Waals surface area (Å²) in [5.41, 5.74) is 0.108. The van der Waals surface area contributed by atoms with E-state index in [-0.39, 0.29) is 23.6 Å². The molecule has 0 bridgehead atoms. The average molecular weight is 294 g/mol. The van der Waals surface area contributed by atoms with Crippen molar-refractivity contribution in [1.82, 2.24) is 5.32 Å². The maximum absolute atomic E-state index is 11.9. The maximum atomic E-state index is 11.9. The summed E-state index contributed by atoms with van der Waals surface area (Å²) in [6, 6.07) is 4.91. The summed E-state index contributed by atoms with van der Waals surface area (Å²) in [4.78, 5) is 33.4. The van der Waals surface area contributed by atoms with Gasteiger partial charge in [0, 0.05) is 11.6 Å². The first-order valence-corrected chi connectivity index (χ1v) is 6.61.